The van der Waals surface area contributed by atoms with Crippen LogP contribution in [0.3, 0.4) is 0 Å². The number of halogens is 3. The maximum atomic E-state index is 6.27. The molecule has 2 aromatic rings. The van der Waals surface area contributed by atoms with Crippen molar-refractivity contribution < 1.29 is 9.47 Å². The monoisotopic (exact) mass is 432 g/mol. The summed E-state index contributed by atoms with van der Waals surface area (Å²) in [4.78, 5) is 0.126. The van der Waals surface area contributed by atoms with Crippen molar-refractivity contribution in [3.8, 4) is 11.5 Å². The van der Waals surface area contributed by atoms with E-state index in [4.69, 9.17) is 21.1 Å². The van der Waals surface area contributed by atoms with Gasteiger partial charge in [0.15, 0.2) is 11.5 Å². The summed E-state index contributed by atoms with van der Waals surface area (Å²) in [5.41, 5.74) is 2.20. The summed E-state index contributed by atoms with van der Waals surface area (Å²) in [5, 5.41) is 0.751. The third-order valence-electron chi connectivity index (χ3n) is 3.16. The maximum absolute atomic E-state index is 6.27. The second-order valence-electron chi connectivity index (χ2n) is 4.53. The molecule has 2 aromatic carbocycles. The van der Waals surface area contributed by atoms with E-state index in [2.05, 4.69) is 31.9 Å². The molecule has 0 spiro atoms. The van der Waals surface area contributed by atoms with Crippen LogP contribution in [0.2, 0.25) is 5.02 Å². The molecule has 112 valence electrons. The number of alkyl halides is 1. The Bertz CT molecular complexity index is 632. The molecule has 2 rings (SSSR count). The van der Waals surface area contributed by atoms with Gasteiger partial charge >= 0.3 is 0 Å². The average Bonchev–Trinajstić information content (AvgIpc) is 2.49. The van der Waals surface area contributed by atoms with E-state index in [1.807, 2.05) is 36.4 Å². The van der Waals surface area contributed by atoms with Crippen LogP contribution in [0.1, 0.15) is 16.0 Å². The van der Waals surface area contributed by atoms with Crippen LogP contribution in [0.25, 0.3) is 0 Å². The highest BCUT2D eigenvalue weighted by molar-refractivity contribution is 9.10. The quantitative estimate of drug-likeness (QED) is 0.554. The van der Waals surface area contributed by atoms with E-state index in [0.29, 0.717) is 0 Å². The summed E-state index contributed by atoms with van der Waals surface area (Å²) in [6.45, 7) is 0. The van der Waals surface area contributed by atoms with Gasteiger partial charge in [-0.1, -0.05) is 49.5 Å². The van der Waals surface area contributed by atoms with E-state index < -0.39 is 0 Å². The molecule has 0 radical (unpaired) electrons. The van der Waals surface area contributed by atoms with Crippen LogP contribution in [0, 0.1) is 0 Å². The molecule has 0 saturated carbocycles. The predicted molar refractivity (Wildman–Crippen MR) is 94.1 cm³/mol. The Morgan fingerprint density at radius 2 is 1.76 bits per heavy atom. The first-order chi connectivity index (χ1) is 10.0. The van der Waals surface area contributed by atoms with E-state index in [-0.39, 0.29) is 4.83 Å². The van der Waals surface area contributed by atoms with Crippen molar-refractivity contribution in [2.45, 2.75) is 11.2 Å². The zero-order valence-electron chi connectivity index (χ0n) is 11.7. The lowest BCUT2D eigenvalue weighted by atomic mass is 10.0. The zero-order chi connectivity index (χ0) is 15.4. The van der Waals surface area contributed by atoms with Gasteiger partial charge in [0.2, 0.25) is 0 Å². The molecule has 0 heterocycles. The fraction of sp³-hybridized carbons (Fsp3) is 0.250. The molecule has 1 atom stereocenters. The molecule has 2 nitrogen and oxygen atoms in total. The molecule has 0 fully saturated rings. The topological polar surface area (TPSA) is 18.5 Å². The Labute approximate surface area is 146 Å². The van der Waals surface area contributed by atoms with Gasteiger partial charge in [-0.15, -0.1) is 0 Å². The Balaban J connectivity index is 2.23. The number of rotatable bonds is 5. The Hall–Kier alpha value is -0.710. The number of hydrogen-bond donors (Lipinski definition) is 0. The van der Waals surface area contributed by atoms with Gasteiger partial charge in [0.1, 0.15) is 0 Å². The van der Waals surface area contributed by atoms with Crippen LogP contribution < -0.4 is 9.47 Å². The summed E-state index contributed by atoms with van der Waals surface area (Å²) in [7, 11) is 3.27. The van der Waals surface area contributed by atoms with Crippen LogP contribution in [0.15, 0.2) is 40.9 Å². The highest BCUT2D eigenvalue weighted by Crippen LogP contribution is 2.36. The van der Waals surface area contributed by atoms with Gasteiger partial charge in [-0.3, -0.25) is 0 Å². The van der Waals surface area contributed by atoms with Gasteiger partial charge in [0, 0.05) is 14.3 Å². The molecule has 0 bridgehead atoms. The van der Waals surface area contributed by atoms with E-state index in [1.165, 1.54) is 0 Å². The maximum Gasteiger partial charge on any atom is 0.160 e. The minimum atomic E-state index is 0.126. The lowest BCUT2D eigenvalue weighted by Gasteiger charge is -2.14. The summed E-state index contributed by atoms with van der Waals surface area (Å²) in [6, 6.07) is 11.8. The van der Waals surface area contributed by atoms with Gasteiger partial charge in [0.05, 0.1) is 14.2 Å². The second kappa shape index (κ2) is 7.52. The summed E-state index contributed by atoms with van der Waals surface area (Å²) < 4.78 is 11.6. The van der Waals surface area contributed by atoms with Crippen molar-refractivity contribution in [3.05, 3.63) is 57.0 Å². The number of hydrogen-bond acceptors (Lipinski definition) is 2. The highest BCUT2D eigenvalue weighted by Gasteiger charge is 2.14. The van der Waals surface area contributed by atoms with Crippen LogP contribution in [-0.2, 0) is 6.42 Å². The summed E-state index contributed by atoms with van der Waals surface area (Å²) in [5.74, 6) is 1.46. The van der Waals surface area contributed by atoms with E-state index in [1.54, 1.807) is 14.2 Å². The SMILES string of the molecule is COc1ccc(CC(Br)c2cc(Br)ccc2Cl)cc1OC. The van der Waals surface area contributed by atoms with Crippen LogP contribution in [0.5, 0.6) is 11.5 Å². The Morgan fingerprint density at radius 1 is 1.05 bits per heavy atom. The predicted octanol–water partition coefficient (Wildman–Crippen LogP) is 5.80. The van der Waals surface area contributed by atoms with Gasteiger partial charge in [-0.2, -0.15) is 0 Å². The normalized spacial score (nSPS) is 12.0. The first-order valence-corrected chi connectivity index (χ1v) is 8.43. The van der Waals surface area contributed by atoms with Crippen molar-refractivity contribution in [2.75, 3.05) is 14.2 Å². The van der Waals surface area contributed by atoms with Crippen molar-refractivity contribution >= 4 is 43.5 Å². The fourth-order valence-corrected chi connectivity index (χ4v) is 3.59. The Morgan fingerprint density at radius 3 is 2.43 bits per heavy atom. The third kappa shape index (κ3) is 4.15. The van der Waals surface area contributed by atoms with Crippen LogP contribution >= 0.6 is 43.5 Å². The molecule has 0 N–H and O–H groups in total. The molecule has 0 saturated heterocycles. The van der Waals surface area contributed by atoms with Crippen molar-refractivity contribution in [2.24, 2.45) is 0 Å². The molecule has 0 aromatic heterocycles. The molecular formula is C16H15Br2ClO2. The van der Waals surface area contributed by atoms with E-state index in [0.717, 1.165) is 38.5 Å². The van der Waals surface area contributed by atoms with E-state index in [9.17, 15) is 0 Å². The van der Waals surface area contributed by atoms with Gasteiger partial charge in [-0.05, 0) is 47.9 Å². The third-order valence-corrected chi connectivity index (χ3v) is 4.81. The van der Waals surface area contributed by atoms with Crippen molar-refractivity contribution in [1.82, 2.24) is 0 Å². The molecular weight excluding hydrogens is 419 g/mol. The first kappa shape index (κ1) is 16.7. The first-order valence-electron chi connectivity index (χ1n) is 6.35. The number of methoxy groups -OCH3 is 2. The van der Waals surface area contributed by atoms with Crippen LogP contribution in [0.4, 0.5) is 0 Å². The fourth-order valence-electron chi connectivity index (χ4n) is 2.08. The summed E-state index contributed by atoms with van der Waals surface area (Å²) >= 11 is 13.5. The molecule has 5 heteroatoms. The van der Waals surface area contributed by atoms with Gasteiger partial charge in [0.25, 0.3) is 0 Å². The van der Waals surface area contributed by atoms with Crippen LogP contribution in [-0.4, -0.2) is 14.2 Å². The van der Waals surface area contributed by atoms with Gasteiger partial charge in [-0.25, -0.2) is 0 Å². The molecule has 0 aliphatic heterocycles. The molecule has 21 heavy (non-hydrogen) atoms. The van der Waals surface area contributed by atoms with E-state index >= 15 is 0 Å². The molecule has 0 aliphatic rings. The lowest BCUT2D eigenvalue weighted by molar-refractivity contribution is 0.354. The standard InChI is InChI=1S/C16H15Br2ClO2/c1-20-15-6-3-10(8-16(15)21-2)7-13(18)12-9-11(17)4-5-14(12)19/h3-6,8-9,13H,7H2,1-2H3. The lowest BCUT2D eigenvalue weighted by Crippen LogP contribution is -1.98. The zero-order valence-corrected chi connectivity index (χ0v) is 15.6. The smallest absolute Gasteiger partial charge is 0.160 e. The summed E-state index contributed by atoms with van der Waals surface area (Å²) in [6.07, 6.45) is 0.802. The van der Waals surface area contributed by atoms with Gasteiger partial charge < -0.3 is 9.47 Å². The largest absolute Gasteiger partial charge is 0.493 e. The number of benzene rings is 2. The number of ether oxygens (including phenoxy) is 2. The van der Waals surface area contributed by atoms with Crippen molar-refractivity contribution in [3.63, 3.8) is 0 Å². The minimum absolute atomic E-state index is 0.126. The Kier molecular flexibility index (Phi) is 5.97. The molecule has 0 amide bonds. The van der Waals surface area contributed by atoms with Crippen molar-refractivity contribution in [1.29, 1.82) is 0 Å². The minimum Gasteiger partial charge on any atom is -0.493 e. The second-order valence-corrected chi connectivity index (χ2v) is 6.96. The average molecular weight is 435 g/mol. The molecule has 1 unspecified atom stereocenters. The highest BCUT2D eigenvalue weighted by atomic mass is 79.9. The molecule has 0 aliphatic carbocycles.